The molecule has 1 aliphatic heterocycles. The van der Waals surface area contributed by atoms with Gasteiger partial charge in [-0.05, 0) is 42.5 Å². The predicted octanol–water partition coefficient (Wildman–Crippen LogP) is 4.34. The van der Waals surface area contributed by atoms with Crippen LogP contribution >= 0.6 is 21.9 Å². The molecule has 0 spiro atoms. The van der Waals surface area contributed by atoms with Gasteiger partial charge in [0.25, 0.3) is 0 Å². The molecule has 8 nitrogen and oxygen atoms in total. The second-order valence-corrected chi connectivity index (χ2v) is 12.6. The van der Waals surface area contributed by atoms with Crippen LogP contribution < -0.4 is 5.32 Å². The molecule has 31 heavy (non-hydrogen) atoms. The first kappa shape index (κ1) is 20.6. The standard InChI is InChI=1S/C20H20N4O4S3/c25-30(26)9-7-24(8-10-30)31(27,28)15-2-3-17-16(12-15)18(5-6-21-17)23-14-1-4-20-19(11-14)22-13-29-20/h1-6,11-13,25-26H,7-10H2,(H,21,23). The number of nitrogens with one attached hydrogen (secondary N) is 1. The van der Waals surface area contributed by atoms with Crippen molar-refractivity contribution < 1.29 is 17.5 Å². The summed E-state index contributed by atoms with van der Waals surface area (Å²) in [5.74, 6) is 0.126. The van der Waals surface area contributed by atoms with Crippen molar-refractivity contribution in [2.24, 2.45) is 0 Å². The molecule has 5 rings (SSSR count). The van der Waals surface area contributed by atoms with Crippen molar-refractivity contribution in [3.63, 3.8) is 0 Å². The molecule has 3 heterocycles. The van der Waals surface area contributed by atoms with E-state index in [0.717, 1.165) is 21.6 Å². The molecule has 2 aromatic carbocycles. The Hall–Kier alpha value is -2.28. The minimum absolute atomic E-state index is 0.0628. The second kappa shape index (κ2) is 7.69. The Bertz CT molecular complexity index is 1380. The third kappa shape index (κ3) is 4.00. The van der Waals surface area contributed by atoms with E-state index in [1.54, 1.807) is 47.3 Å². The summed E-state index contributed by atoms with van der Waals surface area (Å²) >= 11 is 1.57. The van der Waals surface area contributed by atoms with Crippen LogP contribution in [0.15, 0.2) is 59.1 Å². The molecule has 1 aliphatic rings. The number of hydrogen-bond donors (Lipinski definition) is 3. The number of benzene rings is 2. The third-order valence-electron chi connectivity index (χ3n) is 5.30. The number of anilines is 2. The van der Waals surface area contributed by atoms with Crippen LogP contribution in [0, 0.1) is 0 Å². The van der Waals surface area contributed by atoms with Gasteiger partial charge in [-0.1, -0.05) is 0 Å². The lowest BCUT2D eigenvalue weighted by atomic mass is 10.2. The van der Waals surface area contributed by atoms with Crippen molar-refractivity contribution in [2.75, 3.05) is 29.9 Å². The molecule has 2 aromatic heterocycles. The third-order valence-corrected chi connectivity index (χ3v) is 9.67. The van der Waals surface area contributed by atoms with Gasteiger partial charge in [0, 0.05) is 36.0 Å². The molecule has 3 N–H and O–H groups in total. The number of pyridine rings is 1. The molecule has 0 aliphatic carbocycles. The zero-order valence-corrected chi connectivity index (χ0v) is 18.8. The first-order valence-corrected chi connectivity index (χ1v) is 13.8. The van der Waals surface area contributed by atoms with Gasteiger partial charge < -0.3 is 5.32 Å². The second-order valence-electron chi connectivity index (χ2n) is 7.31. The lowest BCUT2D eigenvalue weighted by Crippen LogP contribution is -2.42. The quantitative estimate of drug-likeness (QED) is 0.401. The fourth-order valence-electron chi connectivity index (χ4n) is 3.59. The molecule has 0 bridgehead atoms. The zero-order chi connectivity index (χ0) is 21.6. The van der Waals surface area contributed by atoms with Crippen LogP contribution in [0.25, 0.3) is 21.1 Å². The summed E-state index contributed by atoms with van der Waals surface area (Å²) in [6.45, 7) is 0.184. The maximum absolute atomic E-state index is 13.2. The largest absolute Gasteiger partial charge is 0.355 e. The molecule has 162 valence electrons. The number of sulfonamides is 1. The molecular formula is C20H20N4O4S3. The summed E-state index contributed by atoms with van der Waals surface area (Å²) in [6.07, 6.45) is 1.68. The molecule has 0 unspecified atom stereocenters. The molecule has 0 saturated carbocycles. The Balaban J connectivity index is 1.50. The van der Waals surface area contributed by atoms with E-state index in [9.17, 15) is 17.5 Å². The van der Waals surface area contributed by atoms with E-state index < -0.39 is 20.6 Å². The van der Waals surface area contributed by atoms with Gasteiger partial charge in [-0.2, -0.15) is 14.9 Å². The minimum Gasteiger partial charge on any atom is -0.355 e. The average molecular weight is 477 g/mol. The van der Waals surface area contributed by atoms with Crippen LogP contribution in [0.1, 0.15) is 0 Å². The van der Waals surface area contributed by atoms with Gasteiger partial charge >= 0.3 is 0 Å². The van der Waals surface area contributed by atoms with E-state index in [1.807, 2.05) is 18.2 Å². The Kier molecular flexibility index (Phi) is 5.12. The van der Waals surface area contributed by atoms with Crippen LogP contribution in [0.3, 0.4) is 0 Å². The summed E-state index contributed by atoms with van der Waals surface area (Å²) in [5, 5.41) is 4.03. The van der Waals surface area contributed by atoms with Gasteiger partial charge in [0.15, 0.2) is 0 Å². The summed E-state index contributed by atoms with van der Waals surface area (Å²) in [4.78, 5) is 8.85. The highest BCUT2D eigenvalue weighted by atomic mass is 32.3. The van der Waals surface area contributed by atoms with Crippen LogP contribution in [0.5, 0.6) is 0 Å². The van der Waals surface area contributed by atoms with Crippen molar-refractivity contribution >= 4 is 64.4 Å². The van der Waals surface area contributed by atoms with Crippen molar-refractivity contribution in [3.8, 4) is 0 Å². The molecule has 0 atom stereocenters. The topological polar surface area (TPSA) is 116 Å². The monoisotopic (exact) mass is 476 g/mol. The lowest BCUT2D eigenvalue weighted by molar-refractivity contribution is 0.402. The number of nitrogens with zero attached hydrogens (tertiary/aromatic N) is 3. The Labute approximate surface area is 185 Å². The average Bonchev–Trinajstić information content (AvgIpc) is 3.21. The summed E-state index contributed by atoms with van der Waals surface area (Å²) in [7, 11) is -6.43. The van der Waals surface area contributed by atoms with Crippen LogP contribution in [-0.4, -0.2) is 56.4 Å². The Morgan fingerprint density at radius 3 is 2.61 bits per heavy atom. The van der Waals surface area contributed by atoms with Crippen LogP contribution in [0.2, 0.25) is 0 Å². The summed E-state index contributed by atoms with van der Waals surface area (Å²) < 4.78 is 48.3. The molecule has 1 fully saturated rings. The molecule has 0 radical (unpaired) electrons. The predicted molar refractivity (Wildman–Crippen MR) is 126 cm³/mol. The van der Waals surface area contributed by atoms with E-state index in [1.165, 1.54) is 4.31 Å². The smallest absolute Gasteiger partial charge is 0.243 e. The highest BCUT2D eigenvalue weighted by Gasteiger charge is 2.31. The van der Waals surface area contributed by atoms with E-state index in [0.29, 0.717) is 10.9 Å². The van der Waals surface area contributed by atoms with Gasteiger partial charge in [-0.3, -0.25) is 14.1 Å². The maximum atomic E-state index is 13.2. The lowest BCUT2D eigenvalue weighted by Gasteiger charge is -2.40. The van der Waals surface area contributed by atoms with E-state index >= 15 is 0 Å². The first-order valence-electron chi connectivity index (χ1n) is 9.55. The molecular weight excluding hydrogens is 456 g/mol. The van der Waals surface area contributed by atoms with Crippen molar-refractivity contribution in [1.29, 1.82) is 0 Å². The molecule has 0 amide bonds. The number of rotatable bonds is 4. The highest BCUT2D eigenvalue weighted by molar-refractivity contribution is 8.24. The fourth-order valence-corrected chi connectivity index (χ4v) is 7.17. The minimum atomic E-state index is -3.75. The fraction of sp³-hybridized carbons (Fsp3) is 0.200. The van der Waals surface area contributed by atoms with E-state index in [4.69, 9.17) is 0 Å². The van der Waals surface area contributed by atoms with E-state index in [2.05, 4.69) is 15.3 Å². The zero-order valence-electron chi connectivity index (χ0n) is 16.3. The van der Waals surface area contributed by atoms with Gasteiger partial charge in [-0.25, -0.2) is 13.4 Å². The van der Waals surface area contributed by atoms with Crippen LogP contribution in [-0.2, 0) is 10.0 Å². The number of hydrogen-bond acceptors (Lipinski definition) is 8. The van der Waals surface area contributed by atoms with Crippen molar-refractivity contribution in [3.05, 3.63) is 54.2 Å². The van der Waals surface area contributed by atoms with Gasteiger partial charge in [-0.15, -0.1) is 11.3 Å². The first-order chi connectivity index (χ1) is 14.8. The summed E-state index contributed by atoms with van der Waals surface area (Å²) in [6, 6.07) is 12.6. The number of thiazole rings is 1. The normalized spacial score (nSPS) is 18.3. The van der Waals surface area contributed by atoms with Crippen LogP contribution in [0.4, 0.5) is 11.4 Å². The SMILES string of the molecule is O=S(=O)(c1ccc2nccc(Nc3ccc4scnc4c3)c2c1)N1CCS(O)(O)CC1. The maximum Gasteiger partial charge on any atom is 0.243 e. The Morgan fingerprint density at radius 1 is 1.00 bits per heavy atom. The van der Waals surface area contributed by atoms with Crippen molar-refractivity contribution in [1.82, 2.24) is 14.3 Å². The van der Waals surface area contributed by atoms with Crippen molar-refractivity contribution in [2.45, 2.75) is 4.90 Å². The van der Waals surface area contributed by atoms with E-state index in [-0.39, 0.29) is 29.5 Å². The number of aromatic nitrogens is 2. The van der Waals surface area contributed by atoms with Gasteiger partial charge in [0.05, 0.1) is 37.6 Å². The molecule has 11 heteroatoms. The number of fused-ring (bicyclic) bond motifs is 2. The molecule has 1 saturated heterocycles. The van der Waals surface area contributed by atoms with Gasteiger partial charge in [0.1, 0.15) is 0 Å². The Morgan fingerprint density at radius 2 is 1.81 bits per heavy atom. The highest BCUT2D eigenvalue weighted by Crippen LogP contribution is 2.41. The molecule has 4 aromatic rings. The summed E-state index contributed by atoms with van der Waals surface area (Å²) in [5.41, 5.74) is 4.96. The van der Waals surface area contributed by atoms with Gasteiger partial charge in [0.2, 0.25) is 10.0 Å².